The van der Waals surface area contributed by atoms with Gasteiger partial charge in [-0.25, -0.2) is 5.43 Å². The number of rotatable bonds is 8. The monoisotopic (exact) mass is 486 g/mol. The van der Waals surface area contributed by atoms with Gasteiger partial charge in [0, 0.05) is 6.07 Å². The maximum atomic E-state index is 13.1. The predicted molar refractivity (Wildman–Crippen MR) is 129 cm³/mol. The quantitative estimate of drug-likeness (QED) is 0.215. The molecular weight excluding hydrogens is 468 g/mol. The number of hydrogen-bond acceptors (Lipinski definition) is 8. The maximum absolute atomic E-state index is 13.1. The van der Waals surface area contributed by atoms with E-state index in [4.69, 9.17) is 4.42 Å². The summed E-state index contributed by atoms with van der Waals surface area (Å²) in [6.07, 6.45) is 1.16. The number of furan rings is 1. The van der Waals surface area contributed by atoms with Gasteiger partial charge in [0.1, 0.15) is 11.5 Å². The lowest BCUT2D eigenvalue weighted by atomic mass is 9.85. The lowest BCUT2D eigenvalue weighted by molar-refractivity contribution is -0.393. The second-order valence-electron chi connectivity index (χ2n) is 7.56. The molecule has 0 unspecified atom stereocenters. The van der Waals surface area contributed by atoms with E-state index in [0.717, 1.165) is 18.3 Å². The minimum atomic E-state index is -2.02. The van der Waals surface area contributed by atoms with E-state index in [2.05, 4.69) is 10.5 Å². The first-order valence-corrected chi connectivity index (χ1v) is 10.5. The number of nitrogens with one attached hydrogen (secondary N) is 1. The van der Waals surface area contributed by atoms with Crippen molar-refractivity contribution in [2.45, 2.75) is 5.60 Å². The fourth-order valence-corrected chi connectivity index (χ4v) is 3.58. The Hall–Kier alpha value is -5.16. The van der Waals surface area contributed by atoms with Crippen molar-refractivity contribution in [2.24, 2.45) is 5.10 Å². The molecule has 0 spiro atoms. The molecule has 4 rings (SSSR count). The molecule has 3 aromatic carbocycles. The van der Waals surface area contributed by atoms with Crippen LogP contribution in [0.15, 0.2) is 101 Å². The first kappa shape index (κ1) is 24.0. The van der Waals surface area contributed by atoms with Crippen LogP contribution in [0.4, 0.5) is 11.4 Å². The number of carbonyl (C=O) groups excluding carboxylic acids is 1. The first-order chi connectivity index (χ1) is 17.3. The van der Waals surface area contributed by atoms with Crippen LogP contribution >= 0.6 is 0 Å². The van der Waals surface area contributed by atoms with Crippen LogP contribution < -0.4 is 5.43 Å². The molecule has 11 nitrogen and oxygen atoms in total. The van der Waals surface area contributed by atoms with Crippen molar-refractivity contribution in [3.05, 3.63) is 128 Å². The third-order valence-corrected chi connectivity index (χ3v) is 5.35. The number of amides is 1. The Bertz CT molecular complexity index is 1410. The van der Waals surface area contributed by atoms with Gasteiger partial charge in [0.15, 0.2) is 5.60 Å². The molecule has 0 fully saturated rings. The molecule has 0 radical (unpaired) electrons. The van der Waals surface area contributed by atoms with Gasteiger partial charge < -0.3 is 9.52 Å². The second-order valence-corrected chi connectivity index (χ2v) is 7.56. The number of nitro groups is 2. The molecule has 2 N–H and O–H groups in total. The number of nitrogens with zero attached hydrogens (tertiary/aromatic N) is 3. The SMILES string of the molecule is O=C(N/N=C/c1ccc(-c2ccc([N+](=O)[O-])cc2[N+](=O)[O-])o1)C(O)(c1ccccc1)c1ccccc1. The minimum Gasteiger partial charge on any atom is -0.455 e. The molecule has 1 aromatic heterocycles. The van der Waals surface area contributed by atoms with Crippen LogP contribution in [0.25, 0.3) is 11.3 Å². The summed E-state index contributed by atoms with van der Waals surface area (Å²) < 4.78 is 5.56. The van der Waals surface area contributed by atoms with Gasteiger partial charge in [-0.2, -0.15) is 5.10 Å². The molecule has 0 aliphatic heterocycles. The molecule has 180 valence electrons. The van der Waals surface area contributed by atoms with E-state index in [0.29, 0.717) is 11.1 Å². The Morgan fingerprint density at radius 1 is 0.889 bits per heavy atom. The van der Waals surface area contributed by atoms with Gasteiger partial charge in [-0.3, -0.25) is 25.0 Å². The molecule has 1 amide bonds. The van der Waals surface area contributed by atoms with Gasteiger partial charge in [0.2, 0.25) is 0 Å². The zero-order chi connectivity index (χ0) is 25.7. The van der Waals surface area contributed by atoms with E-state index in [-0.39, 0.29) is 17.1 Å². The summed E-state index contributed by atoms with van der Waals surface area (Å²) in [5, 5.41) is 37.6. The van der Waals surface area contributed by atoms with E-state index in [1.54, 1.807) is 60.7 Å². The summed E-state index contributed by atoms with van der Waals surface area (Å²) >= 11 is 0. The Kier molecular flexibility index (Phi) is 6.66. The number of carbonyl (C=O) groups is 1. The molecule has 0 bridgehead atoms. The standard InChI is InChI=1S/C25H18N4O7/c30-24(25(31,17-7-3-1-4-8-17)18-9-5-2-6-10-18)27-26-16-20-12-14-23(36-20)21-13-11-19(28(32)33)15-22(21)29(34)35/h1-16,31H,(H,27,30)/b26-16+. The number of benzene rings is 3. The van der Waals surface area contributed by atoms with E-state index < -0.39 is 32.7 Å². The van der Waals surface area contributed by atoms with Crippen LogP contribution in [-0.4, -0.2) is 27.1 Å². The maximum Gasteiger partial charge on any atom is 0.287 e. The summed E-state index contributed by atoms with van der Waals surface area (Å²) in [6, 6.07) is 22.9. The molecule has 0 aliphatic carbocycles. The molecular formula is C25H18N4O7. The topological polar surface area (TPSA) is 161 Å². The fraction of sp³-hybridized carbons (Fsp3) is 0.0400. The van der Waals surface area contributed by atoms with Crippen molar-refractivity contribution >= 4 is 23.5 Å². The first-order valence-electron chi connectivity index (χ1n) is 10.5. The number of non-ortho nitro benzene ring substituents is 1. The number of hydrazone groups is 1. The van der Waals surface area contributed by atoms with Gasteiger partial charge >= 0.3 is 0 Å². The van der Waals surface area contributed by atoms with Crippen LogP contribution in [0.3, 0.4) is 0 Å². The van der Waals surface area contributed by atoms with E-state index in [1.165, 1.54) is 18.2 Å². The van der Waals surface area contributed by atoms with Gasteiger partial charge in [-0.1, -0.05) is 60.7 Å². The Labute approximate surface area is 203 Å². The van der Waals surface area contributed by atoms with Gasteiger partial charge in [-0.05, 0) is 29.3 Å². The smallest absolute Gasteiger partial charge is 0.287 e. The Morgan fingerprint density at radius 3 is 2.06 bits per heavy atom. The number of nitro benzene ring substituents is 2. The Balaban J connectivity index is 1.57. The van der Waals surface area contributed by atoms with Crippen LogP contribution in [-0.2, 0) is 10.4 Å². The predicted octanol–water partition coefficient (Wildman–Crippen LogP) is 4.15. The largest absolute Gasteiger partial charge is 0.455 e. The van der Waals surface area contributed by atoms with Gasteiger partial charge in [0.25, 0.3) is 17.3 Å². The molecule has 0 aliphatic rings. The third kappa shape index (κ3) is 4.72. The molecule has 36 heavy (non-hydrogen) atoms. The highest BCUT2D eigenvalue weighted by Gasteiger charge is 2.39. The van der Waals surface area contributed by atoms with Gasteiger partial charge in [0.05, 0.1) is 27.7 Å². The summed E-state index contributed by atoms with van der Waals surface area (Å²) in [5.74, 6) is -0.593. The number of hydrogen-bond donors (Lipinski definition) is 2. The highest BCUT2D eigenvalue weighted by Crippen LogP contribution is 2.34. The molecule has 1 heterocycles. The highest BCUT2D eigenvalue weighted by molar-refractivity contribution is 5.91. The lowest BCUT2D eigenvalue weighted by Crippen LogP contribution is -2.43. The van der Waals surface area contributed by atoms with Crippen molar-refractivity contribution in [3.63, 3.8) is 0 Å². The van der Waals surface area contributed by atoms with Crippen molar-refractivity contribution in [1.29, 1.82) is 0 Å². The number of aliphatic hydroxyl groups is 1. The average Bonchev–Trinajstić information content (AvgIpc) is 3.37. The molecule has 0 saturated carbocycles. The average molecular weight is 486 g/mol. The van der Waals surface area contributed by atoms with Crippen molar-refractivity contribution in [1.82, 2.24) is 5.43 Å². The summed E-state index contributed by atoms with van der Waals surface area (Å²) in [6.45, 7) is 0. The fourth-order valence-electron chi connectivity index (χ4n) is 3.58. The van der Waals surface area contributed by atoms with E-state index in [1.807, 2.05) is 0 Å². The van der Waals surface area contributed by atoms with Crippen LogP contribution in [0.2, 0.25) is 0 Å². The summed E-state index contributed by atoms with van der Waals surface area (Å²) in [7, 11) is 0. The van der Waals surface area contributed by atoms with Crippen LogP contribution in [0.5, 0.6) is 0 Å². The van der Waals surface area contributed by atoms with Crippen molar-refractivity contribution in [2.75, 3.05) is 0 Å². The summed E-state index contributed by atoms with van der Waals surface area (Å²) in [4.78, 5) is 33.9. The minimum absolute atomic E-state index is 0.0387. The Morgan fingerprint density at radius 2 is 1.50 bits per heavy atom. The van der Waals surface area contributed by atoms with Gasteiger partial charge in [-0.15, -0.1) is 0 Å². The second kappa shape index (κ2) is 9.99. The molecule has 11 heteroatoms. The van der Waals surface area contributed by atoms with Crippen molar-refractivity contribution < 1.29 is 24.2 Å². The molecule has 4 aromatic rings. The third-order valence-electron chi connectivity index (χ3n) is 5.35. The van der Waals surface area contributed by atoms with E-state index >= 15 is 0 Å². The zero-order valence-electron chi connectivity index (χ0n) is 18.5. The van der Waals surface area contributed by atoms with Crippen LogP contribution in [0, 0.1) is 20.2 Å². The zero-order valence-corrected chi connectivity index (χ0v) is 18.5. The summed E-state index contributed by atoms with van der Waals surface area (Å²) in [5.41, 5.74) is 0.0881. The molecule has 0 saturated heterocycles. The normalized spacial score (nSPS) is 11.4. The van der Waals surface area contributed by atoms with E-state index in [9.17, 15) is 30.1 Å². The van der Waals surface area contributed by atoms with Crippen molar-refractivity contribution in [3.8, 4) is 11.3 Å². The molecule has 0 atom stereocenters. The van der Waals surface area contributed by atoms with Crippen LogP contribution in [0.1, 0.15) is 16.9 Å². The lowest BCUT2D eigenvalue weighted by Gasteiger charge is -2.26. The highest BCUT2D eigenvalue weighted by atomic mass is 16.6.